The molecule has 37 heavy (non-hydrogen) atoms. The predicted molar refractivity (Wildman–Crippen MR) is 151 cm³/mol. The summed E-state index contributed by atoms with van der Waals surface area (Å²) in [5, 5.41) is 12.2. The van der Waals surface area contributed by atoms with Crippen molar-refractivity contribution < 1.29 is 63.0 Å². The van der Waals surface area contributed by atoms with Crippen molar-refractivity contribution in [2.75, 3.05) is 13.1 Å². The number of H-pyrrole nitrogens is 1. The van der Waals surface area contributed by atoms with Crippen molar-refractivity contribution in [3.8, 4) is 12.3 Å². The van der Waals surface area contributed by atoms with E-state index in [4.69, 9.17) is 6.42 Å². The van der Waals surface area contributed by atoms with Gasteiger partial charge < -0.3 is 25.8 Å². The normalized spacial score (nSPS) is 19.3. The number of fused-ring (bicyclic) bond motifs is 1. The number of aromatic amines is 1. The fourth-order valence-corrected chi connectivity index (χ4v) is 4.96. The van der Waals surface area contributed by atoms with E-state index in [1.807, 2.05) is 0 Å². The molecule has 2 unspecified atom stereocenters. The van der Waals surface area contributed by atoms with Crippen LogP contribution in [-0.4, -0.2) is 47.0 Å². The van der Waals surface area contributed by atoms with Crippen LogP contribution in [-0.2, 0) is 11.2 Å². The monoisotopic (exact) mass is 573 g/mol. The standard InChI is InChI=1S/C30H42N5O.Rb/c1-9-24-12-11-13-27-26(24)16-28(34-27)22(7)32-29(14-19(3)4)30(36)33-25(10-2)18-35-21(6)15-20(5)17-31-23(35)8;/h2,11-13,16,19-21,25,29,32,34H,7-9,14-15,17-18H2,1,3-6H3,(H,33,36);/q-1;+1/t20?,21?,25-,29+;/m1./s1. The van der Waals surface area contributed by atoms with Crippen molar-refractivity contribution in [3.63, 3.8) is 0 Å². The zero-order chi connectivity index (χ0) is 26.4. The van der Waals surface area contributed by atoms with Crippen LogP contribution in [0.15, 0.2) is 43.2 Å². The maximum Gasteiger partial charge on any atom is 1.00 e. The molecule has 4 atom stereocenters. The van der Waals surface area contributed by atoms with Crippen LogP contribution < -0.4 is 68.8 Å². The molecule has 2 heterocycles. The van der Waals surface area contributed by atoms with E-state index in [9.17, 15) is 4.79 Å². The molecule has 1 aliphatic heterocycles. The van der Waals surface area contributed by atoms with Crippen LogP contribution >= 0.6 is 0 Å². The molecule has 3 N–H and O–H groups in total. The molecule has 0 bridgehead atoms. The number of nitrogens with one attached hydrogen (secondary N) is 3. The second-order valence-electron chi connectivity index (χ2n) is 10.5. The third-order valence-corrected chi connectivity index (χ3v) is 6.92. The van der Waals surface area contributed by atoms with E-state index in [1.54, 1.807) is 0 Å². The van der Waals surface area contributed by atoms with Gasteiger partial charge in [0, 0.05) is 10.9 Å². The van der Waals surface area contributed by atoms with E-state index in [-0.39, 0.29) is 70.1 Å². The van der Waals surface area contributed by atoms with Crippen molar-refractivity contribution in [2.45, 2.75) is 72.0 Å². The molecule has 194 valence electrons. The number of hydrogen-bond acceptors (Lipinski definition) is 3. The van der Waals surface area contributed by atoms with Gasteiger partial charge in [-0.05, 0) is 67.9 Å². The number of hydrogen-bond donors (Lipinski definition) is 3. The summed E-state index contributed by atoms with van der Waals surface area (Å²) < 4.78 is 0. The molecule has 1 amide bonds. The maximum absolute atomic E-state index is 13.4. The number of carbonyl (C=O) groups is 1. The molecule has 6 nitrogen and oxygen atoms in total. The molecule has 0 saturated carbocycles. The Labute approximate surface area is 272 Å². The number of nitrogens with zero attached hydrogens (tertiary/aromatic N) is 2. The number of carbonyl (C=O) groups excluding carboxylic acids is 1. The Bertz CT molecular complexity index is 1130. The second-order valence-corrected chi connectivity index (χ2v) is 10.5. The first-order chi connectivity index (χ1) is 17.1. The van der Waals surface area contributed by atoms with Gasteiger partial charge in [-0.25, -0.2) is 0 Å². The molecule has 3 rings (SSSR count). The van der Waals surface area contributed by atoms with Gasteiger partial charge in [0.15, 0.2) is 0 Å². The van der Waals surface area contributed by atoms with Gasteiger partial charge >= 0.3 is 58.2 Å². The van der Waals surface area contributed by atoms with Gasteiger partial charge in [-0.1, -0.05) is 65.1 Å². The summed E-state index contributed by atoms with van der Waals surface area (Å²) >= 11 is 0. The number of benzene rings is 1. The Hall–Kier alpha value is -1.52. The average Bonchev–Trinajstić information content (AvgIpc) is 3.24. The first-order valence-corrected chi connectivity index (χ1v) is 13.1. The summed E-state index contributed by atoms with van der Waals surface area (Å²) in [4.78, 5) is 19.0. The molecule has 7 heteroatoms. The minimum atomic E-state index is -0.458. The van der Waals surface area contributed by atoms with Crippen LogP contribution in [0.2, 0.25) is 0 Å². The fourth-order valence-electron chi connectivity index (χ4n) is 4.96. The molecule has 1 fully saturated rings. The molecule has 0 radical (unpaired) electrons. The molecule has 1 aromatic heterocycles. The van der Waals surface area contributed by atoms with Gasteiger partial charge in [0.25, 0.3) is 0 Å². The number of aromatic nitrogens is 1. The first kappa shape index (κ1) is 31.7. The Balaban J connectivity index is 0.00000481. The quantitative estimate of drug-likeness (QED) is 0.382. The zero-order valence-corrected chi connectivity index (χ0v) is 28.4. The fraction of sp³-hybridized carbons (Fsp3) is 0.500. The van der Waals surface area contributed by atoms with E-state index in [1.165, 1.54) is 10.9 Å². The zero-order valence-electron chi connectivity index (χ0n) is 23.5. The summed E-state index contributed by atoms with van der Waals surface area (Å²) in [6.07, 6.45) is 8.48. The van der Waals surface area contributed by atoms with Gasteiger partial charge in [-0.15, -0.1) is 13.0 Å². The van der Waals surface area contributed by atoms with Crippen molar-refractivity contribution in [2.24, 2.45) is 11.8 Å². The Kier molecular flexibility index (Phi) is 12.5. The van der Waals surface area contributed by atoms with Crippen LogP contribution in [0, 0.1) is 24.2 Å². The van der Waals surface area contributed by atoms with E-state index in [2.05, 4.69) is 104 Å². The third-order valence-electron chi connectivity index (χ3n) is 6.92. The van der Waals surface area contributed by atoms with E-state index >= 15 is 0 Å². The molecular weight excluding hydrogens is 532 g/mol. The first-order valence-electron chi connectivity index (χ1n) is 13.1. The number of rotatable bonds is 10. The van der Waals surface area contributed by atoms with Crippen LogP contribution in [0.4, 0.5) is 0 Å². The van der Waals surface area contributed by atoms with Crippen LogP contribution in [0.1, 0.15) is 58.7 Å². The van der Waals surface area contributed by atoms with Gasteiger partial charge in [-0.3, -0.25) is 4.79 Å². The minimum Gasteiger partial charge on any atom is -0.466 e. The number of terminal acetylenes is 1. The van der Waals surface area contributed by atoms with Gasteiger partial charge in [0.05, 0.1) is 17.4 Å². The molecule has 2 aromatic rings. The smallest absolute Gasteiger partial charge is 0.466 e. The Morgan fingerprint density at radius 1 is 1.32 bits per heavy atom. The molecule has 1 aromatic carbocycles. The van der Waals surface area contributed by atoms with E-state index < -0.39 is 12.1 Å². The SMILES string of the molecule is C#C[C@H](CN1C(=C)[N-]CC(C)CC1C)NC(=O)[C@H](CC(C)C)NC(=C)c1cc2c(CC)cccc2[nH]1.[Rb+]. The number of aryl methyl sites for hydroxylation is 1. The average molecular weight is 574 g/mol. The molecule has 0 spiro atoms. The van der Waals surface area contributed by atoms with E-state index in [0.717, 1.165) is 36.4 Å². The van der Waals surface area contributed by atoms with Gasteiger partial charge in [-0.2, -0.15) is 0 Å². The largest absolute Gasteiger partial charge is 1.00 e. The molecule has 1 aliphatic rings. The molecule has 1 saturated heterocycles. The Morgan fingerprint density at radius 3 is 2.70 bits per heavy atom. The van der Waals surface area contributed by atoms with Crippen LogP contribution in [0.3, 0.4) is 0 Å². The van der Waals surface area contributed by atoms with Crippen molar-refractivity contribution in [1.29, 1.82) is 0 Å². The summed E-state index contributed by atoms with van der Waals surface area (Å²) in [5.41, 5.74) is 3.91. The maximum atomic E-state index is 13.4. The summed E-state index contributed by atoms with van der Waals surface area (Å²) in [7, 11) is 0. The van der Waals surface area contributed by atoms with Crippen molar-refractivity contribution in [3.05, 3.63) is 59.8 Å². The third kappa shape index (κ3) is 8.48. The van der Waals surface area contributed by atoms with E-state index in [0.29, 0.717) is 30.5 Å². The minimum absolute atomic E-state index is 0. The molecular formula is C30H42N5ORb. The summed E-state index contributed by atoms with van der Waals surface area (Å²) in [5.74, 6) is 4.17. The van der Waals surface area contributed by atoms with Crippen LogP contribution in [0.5, 0.6) is 0 Å². The van der Waals surface area contributed by atoms with Gasteiger partial charge in [0.2, 0.25) is 5.91 Å². The predicted octanol–water partition coefficient (Wildman–Crippen LogP) is 2.40. The van der Waals surface area contributed by atoms with Gasteiger partial charge in [0.1, 0.15) is 6.04 Å². The topological polar surface area (TPSA) is 74.3 Å². The van der Waals surface area contributed by atoms with Crippen molar-refractivity contribution in [1.82, 2.24) is 20.5 Å². The molecule has 0 aliphatic carbocycles. The summed E-state index contributed by atoms with van der Waals surface area (Å²) in [6, 6.07) is 7.70. The summed E-state index contributed by atoms with van der Waals surface area (Å²) in [6.45, 7) is 20.3. The number of amides is 1. The second kappa shape index (κ2) is 14.6. The van der Waals surface area contributed by atoms with Crippen molar-refractivity contribution >= 4 is 22.5 Å². The van der Waals surface area contributed by atoms with Crippen LogP contribution in [0.25, 0.3) is 21.9 Å². The Morgan fingerprint density at radius 2 is 2.05 bits per heavy atom.